The van der Waals surface area contributed by atoms with Crippen LogP contribution >= 0.6 is 0 Å². The zero-order chi connectivity index (χ0) is 8.98. The molecule has 3 atom stereocenters. The van der Waals surface area contributed by atoms with Gasteiger partial charge in [-0.25, -0.2) is 0 Å². The van der Waals surface area contributed by atoms with Crippen molar-refractivity contribution >= 4 is 0 Å². The van der Waals surface area contributed by atoms with E-state index in [1.807, 2.05) is 0 Å². The first kappa shape index (κ1) is 8.52. The maximum atomic E-state index is 9.85. The Morgan fingerprint density at radius 2 is 2.08 bits per heavy atom. The van der Waals surface area contributed by atoms with E-state index in [9.17, 15) is 10.2 Å². The largest absolute Gasteiger partial charge is 0.396 e. The van der Waals surface area contributed by atoms with Crippen LogP contribution in [-0.2, 0) is 0 Å². The quantitative estimate of drug-likeness (QED) is 0.620. The summed E-state index contributed by atoms with van der Waals surface area (Å²) in [6, 6.07) is 0. The summed E-state index contributed by atoms with van der Waals surface area (Å²) < 4.78 is 0. The van der Waals surface area contributed by atoms with E-state index in [4.69, 9.17) is 0 Å². The first-order chi connectivity index (χ1) is 5.54. The van der Waals surface area contributed by atoms with Crippen LogP contribution < -0.4 is 0 Å². The van der Waals surface area contributed by atoms with Crippen molar-refractivity contribution in [3.8, 4) is 0 Å². The third-order valence-corrected chi connectivity index (χ3v) is 4.67. The molecule has 0 unspecified atom stereocenters. The molecular weight excluding hydrogens is 152 g/mol. The lowest BCUT2D eigenvalue weighted by atomic mass is 9.69. The Balaban J connectivity index is 2.39. The molecule has 0 heterocycles. The third kappa shape index (κ3) is 0.686. The molecule has 2 aliphatic carbocycles. The van der Waals surface area contributed by atoms with E-state index in [1.165, 1.54) is 6.42 Å². The highest BCUT2D eigenvalue weighted by atomic mass is 16.3. The number of rotatable bonds is 1. The minimum Gasteiger partial charge on any atom is -0.396 e. The lowest BCUT2D eigenvalue weighted by Crippen LogP contribution is -2.41. The van der Waals surface area contributed by atoms with E-state index in [2.05, 4.69) is 13.8 Å². The average Bonchev–Trinajstić information content (AvgIpc) is 2.36. The highest BCUT2D eigenvalue weighted by molar-refractivity contribution is 5.12. The fourth-order valence-electron chi connectivity index (χ4n) is 3.41. The van der Waals surface area contributed by atoms with Crippen LogP contribution in [0.3, 0.4) is 0 Å². The van der Waals surface area contributed by atoms with Gasteiger partial charge < -0.3 is 10.2 Å². The zero-order valence-corrected chi connectivity index (χ0v) is 7.88. The van der Waals surface area contributed by atoms with E-state index < -0.39 is 0 Å². The van der Waals surface area contributed by atoms with Gasteiger partial charge in [-0.05, 0) is 30.6 Å². The predicted octanol–water partition coefficient (Wildman–Crippen LogP) is 1.17. The van der Waals surface area contributed by atoms with Crippen molar-refractivity contribution in [2.45, 2.75) is 39.2 Å². The normalized spacial score (nSPS) is 50.0. The second-order valence-corrected chi connectivity index (χ2v) is 5.02. The van der Waals surface area contributed by atoms with Crippen molar-refractivity contribution in [2.75, 3.05) is 6.61 Å². The Hall–Kier alpha value is -0.0800. The summed E-state index contributed by atoms with van der Waals surface area (Å²) in [5, 5.41) is 19.2. The van der Waals surface area contributed by atoms with Crippen LogP contribution in [0.15, 0.2) is 0 Å². The number of fused-ring (bicyclic) bond motifs is 2. The topological polar surface area (TPSA) is 40.5 Å². The molecule has 0 aromatic rings. The van der Waals surface area contributed by atoms with Crippen LogP contribution in [-0.4, -0.2) is 22.9 Å². The van der Waals surface area contributed by atoms with E-state index in [0.717, 1.165) is 12.8 Å². The fraction of sp³-hybridized carbons (Fsp3) is 1.00. The first-order valence-electron chi connectivity index (χ1n) is 4.83. The molecule has 70 valence electrons. The lowest BCUT2D eigenvalue weighted by Gasteiger charge is -2.38. The van der Waals surface area contributed by atoms with E-state index >= 15 is 0 Å². The van der Waals surface area contributed by atoms with Crippen LogP contribution in [0.1, 0.15) is 33.1 Å². The highest BCUT2D eigenvalue weighted by Gasteiger charge is 2.63. The Labute approximate surface area is 73.6 Å². The number of hydrogen-bond donors (Lipinski definition) is 2. The molecule has 0 saturated heterocycles. The van der Waals surface area contributed by atoms with Gasteiger partial charge in [0.05, 0.1) is 12.7 Å². The molecule has 0 amide bonds. The van der Waals surface area contributed by atoms with Crippen LogP contribution in [0.25, 0.3) is 0 Å². The second-order valence-electron chi connectivity index (χ2n) is 5.02. The standard InChI is InChI=1S/C10H18O2/c1-9(2)7-3-4-10(9,6-11)8(12)5-7/h7-8,11-12H,3-6H2,1-2H3/t7-,8+,10+/m0/s1. The summed E-state index contributed by atoms with van der Waals surface area (Å²) in [7, 11) is 0. The summed E-state index contributed by atoms with van der Waals surface area (Å²) in [5.41, 5.74) is -0.0428. The van der Waals surface area contributed by atoms with Gasteiger partial charge in [0, 0.05) is 5.41 Å². The monoisotopic (exact) mass is 170 g/mol. The third-order valence-electron chi connectivity index (χ3n) is 4.67. The van der Waals surface area contributed by atoms with Crippen LogP contribution in [0.5, 0.6) is 0 Å². The molecule has 2 nitrogen and oxygen atoms in total. The van der Waals surface area contributed by atoms with E-state index in [-0.39, 0.29) is 23.5 Å². The van der Waals surface area contributed by atoms with Gasteiger partial charge in [-0.3, -0.25) is 0 Å². The van der Waals surface area contributed by atoms with Crippen LogP contribution in [0, 0.1) is 16.7 Å². The fourth-order valence-corrected chi connectivity index (χ4v) is 3.41. The molecule has 2 aliphatic rings. The van der Waals surface area contributed by atoms with Crippen molar-refractivity contribution in [2.24, 2.45) is 16.7 Å². The van der Waals surface area contributed by atoms with Crippen molar-refractivity contribution in [1.29, 1.82) is 0 Å². The second kappa shape index (κ2) is 2.24. The Morgan fingerprint density at radius 3 is 2.33 bits per heavy atom. The Kier molecular flexibility index (Phi) is 1.59. The Bertz CT molecular complexity index is 200. The van der Waals surface area contributed by atoms with Crippen molar-refractivity contribution < 1.29 is 10.2 Å². The molecule has 2 N–H and O–H groups in total. The van der Waals surface area contributed by atoms with Gasteiger partial charge in [-0.2, -0.15) is 0 Å². The van der Waals surface area contributed by atoms with Gasteiger partial charge in [0.15, 0.2) is 0 Å². The van der Waals surface area contributed by atoms with Gasteiger partial charge in [0.25, 0.3) is 0 Å². The van der Waals surface area contributed by atoms with Crippen molar-refractivity contribution in [3.05, 3.63) is 0 Å². The molecule has 0 aromatic heterocycles. The molecule has 12 heavy (non-hydrogen) atoms. The highest BCUT2D eigenvalue weighted by Crippen LogP contribution is 2.65. The summed E-state index contributed by atoms with van der Waals surface area (Å²) >= 11 is 0. The zero-order valence-electron chi connectivity index (χ0n) is 7.88. The summed E-state index contributed by atoms with van der Waals surface area (Å²) in [4.78, 5) is 0. The summed E-state index contributed by atoms with van der Waals surface area (Å²) in [6.07, 6.45) is 2.82. The van der Waals surface area contributed by atoms with E-state index in [1.54, 1.807) is 0 Å². The summed E-state index contributed by atoms with van der Waals surface area (Å²) in [5.74, 6) is 0.625. The molecule has 2 bridgehead atoms. The van der Waals surface area contributed by atoms with Gasteiger partial charge in [0.1, 0.15) is 0 Å². The van der Waals surface area contributed by atoms with Gasteiger partial charge in [-0.15, -0.1) is 0 Å². The van der Waals surface area contributed by atoms with Crippen molar-refractivity contribution in [1.82, 2.24) is 0 Å². The minimum absolute atomic E-state index is 0.140. The molecule has 0 aliphatic heterocycles. The van der Waals surface area contributed by atoms with Crippen LogP contribution in [0.4, 0.5) is 0 Å². The van der Waals surface area contributed by atoms with E-state index in [0.29, 0.717) is 5.92 Å². The SMILES string of the molecule is CC1(C)[C@H]2CC[C@@]1(CO)[C@H](O)C2. The van der Waals surface area contributed by atoms with Gasteiger partial charge in [0.2, 0.25) is 0 Å². The molecule has 0 spiro atoms. The maximum Gasteiger partial charge on any atom is 0.0626 e. The predicted molar refractivity (Wildman–Crippen MR) is 46.6 cm³/mol. The maximum absolute atomic E-state index is 9.85. The molecule has 2 rings (SSSR count). The van der Waals surface area contributed by atoms with Crippen molar-refractivity contribution in [3.63, 3.8) is 0 Å². The molecule has 2 heteroatoms. The number of aliphatic hydroxyl groups excluding tert-OH is 2. The number of aliphatic hydroxyl groups is 2. The summed E-state index contributed by atoms with van der Waals surface area (Å²) in [6.45, 7) is 4.53. The lowest BCUT2D eigenvalue weighted by molar-refractivity contribution is -0.0446. The molecule has 2 saturated carbocycles. The van der Waals surface area contributed by atoms with Gasteiger partial charge in [-0.1, -0.05) is 13.8 Å². The first-order valence-corrected chi connectivity index (χ1v) is 4.83. The van der Waals surface area contributed by atoms with Crippen LogP contribution in [0.2, 0.25) is 0 Å². The van der Waals surface area contributed by atoms with Gasteiger partial charge >= 0.3 is 0 Å². The average molecular weight is 170 g/mol. The molecular formula is C10H18O2. The number of hydrogen-bond acceptors (Lipinski definition) is 2. The molecule has 2 fully saturated rings. The molecule has 0 aromatic carbocycles. The smallest absolute Gasteiger partial charge is 0.0626 e. The molecule has 0 radical (unpaired) electrons. The Morgan fingerprint density at radius 1 is 1.42 bits per heavy atom. The minimum atomic E-state index is -0.267.